The molecule has 0 N–H and O–H groups in total. The lowest BCUT2D eigenvalue weighted by atomic mass is 9.78. The van der Waals surface area contributed by atoms with E-state index < -0.39 is 10.2 Å². The number of likely N-dealkylation sites (N-methyl/N-ethyl adjacent to an activating group) is 1. The number of nitrogens with zero attached hydrogens (tertiary/aromatic N) is 2. The zero-order valence-corrected chi connectivity index (χ0v) is 13.5. The number of aryl methyl sites for hydroxylation is 1. The van der Waals surface area contributed by atoms with Gasteiger partial charge in [-0.25, -0.2) is 4.31 Å². The summed E-state index contributed by atoms with van der Waals surface area (Å²) in [6.45, 7) is 0.677. The third kappa shape index (κ3) is 1.80. The predicted molar refractivity (Wildman–Crippen MR) is 82.4 cm³/mol. The van der Waals surface area contributed by atoms with Crippen LogP contribution in [0.4, 0.5) is 0 Å². The quantitative estimate of drug-likeness (QED) is 0.784. The summed E-state index contributed by atoms with van der Waals surface area (Å²) in [5.41, 5.74) is 2.48. The highest BCUT2D eigenvalue weighted by Crippen LogP contribution is 2.61. The number of carbonyl (C=O) groups excluding carboxylic acids is 1. The highest BCUT2D eigenvalue weighted by Gasteiger charge is 2.62. The first-order valence-corrected chi connectivity index (χ1v) is 9.23. The van der Waals surface area contributed by atoms with Gasteiger partial charge in [-0.1, -0.05) is 24.3 Å². The van der Waals surface area contributed by atoms with E-state index in [9.17, 15) is 13.2 Å². The van der Waals surface area contributed by atoms with Crippen LogP contribution in [0.25, 0.3) is 0 Å². The summed E-state index contributed by atoms with van der Waals surface area (Å²) in [5.74, 6) is -0.378. The minimum absolute atomic E-state index is 0.109. The molecule has 1 saturated carbocycles. The van der Waals surface area contributed by atoms with Crippen LogP contribution in [-0.2, 0) is 26.8 Å². The molecule has 4 rings (SSSR count). The molecule has 118 valence electrons. The fraction of sp³-hybridized carbons (Fsp3) is 0.562. The van der Waals surface area contributed by atoms with Crippen LogP contribution in [0, 0.1) is 5.92 Å². The van der Waals surface area contributed by atoms with Crippen molar-refractivity contribution >= 4 is 16.1 Å². The van der Waals surface area contributed by atoms with Crippen molar-refractivity contribution in [2.24, 2.45) is 5.92 Å². The van der Waals surface area contributed by atoms with Gasteiger partial charge in [0.05, 0.1) is 6.54 Å². The van der Waals surface area contributed by atoms with Crippen LogP contribution in [0.15, 0.2) is 24.3 Å². The zero-order valence-electron chi connectivity index (χ0n) is 12.7. The van der Waals surface area contributed by atoms with Crippen molar-refractivity contribution in [2.75, 3.05) is 20.1 Å². The standard InChI is InChI=1S/C16H20N2O3S/c1-17-9-10-18(22(17,20)21)15(19)14-11-16(14)8-4-6-12-5-2-3-7-13(12)16/h2-3,5,7,14H,4,6,8-11H2,1H3. The van der Waals surface area contributed by atoms with Crippen LogP contribution in [-0.4, -0.2) is 43.1 Å². The normalized spacial score (nSPS) is 33.0. The molecule has 1 spiro atoms. The lowest BCUT2D eigenvalue weighted by molar-refractivity contribution is -0.128. The summed E-state index contributed by atoms with van der Waals surface area (Å²) in [7, 11) is -2.06. The lowest BCUT2D eigenvalue weighted by Crippen LogP contribution is -2.38. The van der Waals surface area contributed by atoms with Gasteiger partial charge in [-0.3, -0.25) is 4.79 Å². The number of carbonyl (C=O) groups is 1. The van der Waals surface area contributed by atoms with Crippen molar-refractivity contribution in [3.05, 3.63) is 35.4 Å². The highest BCUT2D eigenvalue weighted by molar-refractivity contribution is 7.87. The van der Waals surface area contributed by atoms with E-state index in [0.29, 0.717) is 6.54 Å². The van der Waals surface area contributed by atoms with E-state index in [0.717, 1.165) is 30.0 Å². The maximum absolute atomic E-state index is 12.8. The largest absolute Gasteiger partial charge is 0.306 e. The van der Waals surface area contributed by atoms with Gasteiger partial charge in [-0.2, -0.15) is 12.7 Å². The van der Waals surface area contributed by atoms with Gasteiger partial charge in [0.15, 0.2) is 0 Å². The molecule has 5 nitrogen and oxygen atoms in total. The monoisotopic (exact) mass is 320 g/mol. The van der Waals surface area contributed by atoms with Gasteiger partial charge in [0.25, 0.3) is 0 Å². The summed E-state index contributed by atoms with van der Waals surface area (Å²) in [6.07, 6.45) is 3.92. The number of amides is 1. The third-order valence-corrected chi connectivity index (χ3v) is 7.42. The molecule has 2 fully saturated rings. The van der Waals surface area contributed by atoms with Crippen LogP contribution in [0.1, 0.15) is 30.4 Å². The van der Waals surface area contributed by atoms with Crippen molar-refractivity contribution in [1.82, 2.24) is 8.61 Å². The molecule has 6 heteroatoms. The second kappa shape index (κ2) is 4.55. The molecule has 22 heavy (non-hydrogen) atoms. The number of benzene rings is 1. The minimum Gasteiger partial charge on any atom is -0.273 e. The molecule has 0 radical (unpaired) electrons. The van der Waals surface area contributed by atoms with Crippen molar-refractivity contribution in [2.45, 2.75) is 31.1 Å². The van der Waals surface area contributed by atoms with Crippen LogP contribution in [0.3, 0.4) is 0 Å². The summed E-state index contributed by atoms with van der Waals surface area (Å²) >= 11 is 0. The molecule has 0 aromatic heterocycles. The molecule has 0 bridgehead atoms. The Morgan fingerprint density at radius 1 is 1.27 bits per heavy atom. The van der Waals surface area contributed by atoms with Crippen molar-refractivity contribution in [3.63, 3.8) is 0 Å². The van der Waals surface area contributed by atoms with Crippen LogP contribution < -0.4 is 0 Å². The van der Waals surface area contributed by atoms with Gasteiger partial charge >= 0.3 is 10.2 Å². The SMILES string of the molecule is CN1CCN(C(=O)C2CC23CCCc2ccccc23)S1(=O)=O. The first-order chi connectivity index (χ1) is 10.5. The molecule has 3 aliphatic rings. The second-order valence-electron chi connectivity index (χ2n) is 6.66. The maximum atomic E-state index is 12.8. The third-order valence-electron chi connectivity index (χ3n) is 5.53. The maximum Gasteiger partial charge on any atom is 0.306 e. The Bertz CT molecular complexity index is 746. The van der Waals surface area contributed by atoms with Gasteiger partial charge in [0.1, 0.15) is 0 Å². The van der Waals surface area contributed by atoms with E-state index in [1.54, 1.807) is 0 Å². The Morgan fingerprint density at radius 2 is 2.05 bits per heavy atom. The van der Waals surface area contributed by atoms with Gasteiger partial charge in [0.2, 0.25) is 5.91 Å². The Balaban J connectivity index is 1.64. The summed E-state index contributed by atoms with van der Waals surface area (Å²) in [5, 5.41) is 0. The smallest absolute Gasteiger partial charge is 0.273 e. The van der Waals surface area contributed by atoms with Gasteiger partial charge in [0, 0.05) is 24.9 Å². The van der Waals surface area contributed by atoms with E-state index in [4.69, 9.17) is 0 Å². The molecule has 2 atom stereocenters. The average Bonchev–Trinajstić information content (AvgIpc) is 3.15. The molecule has 1 amide bonds. The van der Waals surface area contributed by atoms with Gasteiger partial charge < -0.3 is 0 Å². The van der Waals surface area contributed by atoms with Crippen LogP contribution in [0.5, 0.6) is 0 Å². The molecule has 1 aromatic carbocycles. The predicted octanol–water partition coefficient (Wildman–Crippen LogP) is 1.30. The number of hydrogen-bond donors (Lipinski definition) is 0. The molecule has 1 aliphatic heterocycles. The minimum atomic E-state index is -3.59. The Kier molecular flexibility index (Phi) is 2.94. The first-order valence-electron chi connectivity index (χ1n) is 7.83. The summed E-state index contributed by atoms with van der Waals surface area (Å²) in [4.78, 5) is 12.8. The molecular weight excluding hydrogens is 300 g/mol. The number of rotatable bonds is 1. The lowest BCUT2D eigenvalue weighted by Gasteiger charge is -2.27. The molecule has 1 aromatic rings. The molecule has 1 saturated heterocycles. The molecule has 1 heterocycles. The highest BCUT2D eigenvalue weighted by atomic mass is 32.2. The number of fused-ring (bicyclic) bond motifs is 2. The Morgan fingerprint density at radius 3 is 2.77 bits per heavy atom. The molecule has 2 unspecified atom stereocenters. The Labute approximate surface area is 131 Å². The molecular formula is C16H20N2O3S. The fourth-order valence-electron chi connectivity index (χ4n) is 4.18. The number of hydrogen-bond acceptors (Lipinski definition) is 3. The van der Waals surface area contributed by atoms with Crippen molar-refractivity contribution < 1.29 is 13.2 Å². The van der Waals surface area contributed by atoms with Gasteiger partial charge in [-0.15, -0.1) is 0 Å². The zero-order chi connectivity index (χ0) is 15.5. The Hall–Kier alpha value is -1.40. The van der Waals surface area contributed by atoms with Crippen LogP contribution >= 0.6 is 0 Å². The van der Waals surface area contributed by atoms with Crippen molar-refractivity contribution in [1.29, 1.82) is 0 Å². The van der Waals surface area contributed by atoms with Crippen molar-refractivity contribution in [3.8, 4) is 0 Å². The second-order valence-corrected chi connectivity index (χ2v) is 8.62. The molecule has 2 aliphatic carbocycles. The van der Waals surface area contributed by atoms with E-state index >= 15 is 0 Å². The van der Waals surface area contributed by atoms with E-state index in [2.05, 4.69) is 12.1 Å². The summed E-state index contributed by atoms with van der Waals surface area (Å²) in [6, 6.07) is 8.31. The van der Waals surface area contributed by atoms with E-state index in [1.807, 2.05) is 12.1 Å². The van der Waals surface area contributed by atoms with E-state index in [1.165, 1.54) is 22.5 Å². The summed E-state index contributed by atoms with van der Waals surface area (Å²) < 4.78 is 26.8. The fourth-order valence-corrected chi connectivity index (χ4v) is 5.50. The topological polar surface area (TPSA) is 57.7 Å². The van der Waals surface area contributed by atoms with E-state index in [-0.39, 0.29) is 23.8 Å². The van der Waals surface area contributed by atoms with Crippen LogP contribution in [0.2, 0.25) is 0 Å². The van der Waals surface area contributed by atoms with Gasteiger partial charge in [-0.05, 0) is 36.8 Å². The average molecular weight is 320 g/mol. The first kappa shape index (κ1) is 14.2.